The van der Waals surface area contributed by atoms with Crippen LogP contribution in [0, 0.1) is 5.82 Å². The van der Waals surface area contributed by atoms with Crippen LogP contribution in [0.4, 0.5) is 10.1 Å². The number of carbonyl (C=O) groups is 1. The van der Waals surface area contributed by atoms with Gasteiger partial charge in [0.1, 0.15) is 10.8 Å². The quantitative estimate of drug-likeness (QED) is 0.779. The molecular formula is C14H9BrClFN2OS. The van der Waals surface area contributed by atoms with Crippen LogP contribution in [0.25, 0.3) is 0 Å². The van der Waals surface area contributed by atoms with Crippen LogP contribution in [-0.4, -0.2) is 10.9 Å². The normalized spacial score (nSPS) is 10.2. The van der Waals surface area contributed by atoms with Gasteiger partial charge in [-0.25, -0.2) is 4.39 Å². The van der Waals surface area contributed by atoms with Crippen molar-refractivity contribution in [3.63, 3.8) is 0 Å². The lowest BCUT2D eigenvalue weighted by Crippen LogP contribution is -2.19. The average Bonchev–Trinajstić information content (AvgIpc) is 2.37. The SMILES string of the molecule is NC(=S)c1c(F)cccc1NC(=O)c1ccc(Cl)cc1Br. The molecule has 2 aromatic rings. The van der Waals surface area contributed by atoms with Crippen LogP contribution in [0.3, 0.4) is 0 Å². The van der Waals surface area contributed by atoms with Crippen LogP contribution < -0.4 is 11.1 Å². The summed E-state index contributed by atoms with van der Waals surface area (Å²) in [6.45, 7) is 0. The molecule has 0 heterocycles. The van der Waals surface area contributed by atoms with Gasteiger partial charge in [0, 0.05) is 9.50 Å². The summed E-state index contributed by atoms with van der Waals surface area (Å²) in [5, 5.41) is 3.08. The van der Waals surface area contributed by atoms with Gasteiger partial charge in [-0.2, -0.15) is 0 Å². The molecule has 0 bridgehead atoms. The molecule has 0 aromatic heterocycles. The lowest BCUT2D eigenvalue weighted by atomic mass is 10.1. The average molecular weight is 388 g/mol. The van der Waals surface area contributed by atoms with Crippen LogP contribution >= 0.6 is 39.7 Å². The number of hydrogen-bond acceptors (Lipinski definition) is 2. The largest absolute Gasteiger partial charge is 0.389 e. The van der Waals surface area contributed by atoms with Gasteiger partial charge in [-0.05, 0) is 46.3 Å². The number of nitrogens with two attached hydrogens (primary N) is 1. The zero-order valence-corrected chi connectivity index (χ0v) is 13.7. The van der Waals surface area contributed by atoms with E-state index in [-0.39, 0.29) is 16.2 Å². The molecule has 21 heavy (non-hydrogen) atoms. The summed E-state index contributed by atoms with van der Waals surface area (Å²) >= 11 is 13.9. The van der Waals surface area contributed by atoms with Crippen LogP contribution in [0.1, 0.15) is 15.9 Å². The van der Waals surface area contributed by atoms with Crippen molar-refractivity contribution in [1.29, 1.82) is 0 Å². The summed E-state index contributed by atoms with van der Waals surface area (Å²) in [7, 11) is 0. The highest BCUT2D eigenvalue weighted by Crippen LogP contribution is 2.24. The minimum atomic E-state index is -0.588. The molecule has 0 radical (unpaired) electrons. The van der Waals surface area contributed by atoms with Gasteiger partial charge in [-0.15, -0.1) is 0 Å². The molecule has 0 saturated heterocycles. The number of nitrogens with one attached hydrogen (secondary N) is 1. The summed E-state index contributed by atoms with van der Waals surface area (Å²) in [6, 6.07) is 8.95. The number of benzene rings is 2. The second-order valence-electron chi connectivity index (χ2n) is 4.10. The Kier molecular flexibility index (Phi) is 4.92. The molecule has 3 nitrogen and oxygen atoms in total. The van der Waals surface area contributed by atoms with Crippen LogP contribution in [0.15, 0.2) is 40.9 Å². The van der Waals surface area contributed by atoms with Crippen molar-refractivity contribution >= 4 is 56.3 Å². The molecule has 0 aliphatic carbocycles. The Morgan fingerprint density at radius 2 is 2.05 bits per heavy atom. The molecule has 108 valence electrons. The highest BCUT2D eigenvalue weighted by molar-refractivity contribution is 9.10. The number of rotatable bonds is 3. The lowest BCUT2D eigenvalue weighted by Gasteiger charge is -2.11. The minimum absolute atomic E-state index is 0.00550. The third-order valence-corrected chi connectivity index (χ3v) is 3.78. The van der Waals surface area contributed by atoms with E-state index in [9.17, 15) is 9.18 Å². The number of halogens is 3. The van der Waals surface area contributed by atoms with Crippen LogP contribution in [-0.2, 0) is 0 Å². The smallest absolute Gasteiger partial charge is 0.256 e. The van der Waals surface area contributed by atoms with E-state index in [1.54, 1.807) is 18.2 Å². The van der Waals surface area contributed by atoms with Crippen molar-refractivity contribution < 1.29 is 9.18 Å². The standard InChI is InChI=1S/C14H9BrClFN2OS/c15-9-6-7(16)4-5-8(9)14(20)19-11-3-1-2-10(17)12(11)13(18)21/h1-6H,(H2,18,21)(H,19,20). The third kappa shape index (κ3) is 3.58. The number of amides is 1. The first-order valence-electron chi connectivity index (χ1n) is 5.75. The van der Waals surface area contributed by atoms with Gasteiger partial charge in [0.25, 0.3) is 5.91 Å². The molecule has 2 rings (SSSR count). The predicted octanol–water partition coefficient (Wildman–Crippen LogP) is 4.13. The summed E-state index contributed by atoms with van der Waals surface area (Å²) < 4.78 is 14.3. The molecule has 0 atom stereocenters. The Labute approximate surface area is 139 Å². The molecule has 2 aromatic carbocycles. The molecule has 0 unspecified atom stereocenters. The van der Waals surface area contributed by atoms with Crippen molar-refractivity contribution in [2.75, 3.05) is 5.32 Å². The van der Waals surface area contributed by atoms with Crippen molar-refractivity contribution in [3.05, 3.63) is 62.8 Å². The summed E-state index contributed by atoms with van der Waals surface area (Å²) in [5.74, 6) is -1.02. The van der Waals surface area contributed by atoms with Gasteiger partial charge in [0.2, 0.25) is 0 Å². The lowest BCUT2D eigenvalue weighted by molar-refractivity contribution is 0.102. The van der Waals surface area contributed by atoms with E-state index in [1.165, 1.54) is 18.2 Å². The van der Waals surface area contributed by atoms with Gasteiger partial charge < -0.3 is 11.1 Å². The maximum atomic E-state index is 13.7. The van der Waals surface area contributed by atoms with Crippen LogP contribution in [0.5, 0.6) is 0 Å². The molecule has 1 amide bonds. The summed E-state index contributed by atoms with van der Waals surface area (Å²) in [6.07, 6.45) is 0. The summed E-state index contributed by atoms with van der Waals surface area (Å²) in [4.78, 5) is 12.1. The van der Waals surface area contributed by atoms with E-state index < -0.39 is 11.7 Å². The highest BCUT2D eigenvalue weighted by Gasteiger charge is 2.16. The fourth-order valence-electron chi connectivity index (χ4n) is 1.74. The first-order chi connectivity index (χ1) is 9.90. The first kappa shape index (κ1) is 15.9. The Morgan fingerprint density at radius 3 is 2.67 bits per heavy atom. The highest BCUT2D eigenvalue weighted by atomic mass is 79.9. The fourth-order valence-corrected chi connectivity index (χ4v) is 2.81. The molecule has 0 aliphatic rings. The Balaban J connectivity index is 2.36. The molecule has 0 spiro atoms. The molecule has 0 aliphatic heterocycles. The maximum absolute atomic E-state index is 13.7. The molecule has 3 N–H and O–H groups in total. The number of carbonyl (C=O) groups excluding carboxylic acids is 1. The first-order valence-corrected chi connectivity index (χ1v) is 7.33. The van der Waals surface area contributed by atoms with Crippen LogP contribution in [0.2, 0.25) is 5.02 Å². The molecule has 0 fully saturated rings. The number of thiocarbonyl (C=S) groups is 1. The monoisotopic (exact) mass is 386 g/mol. The second kappa shape index (κ2) is 6.51. The Bertz CT molecular complexity index is 739. The van der Waals surface area contributed by atoms with Gasteiger partial charge in [-0.3, -0.25) is 4.79 Å². The zero-order chi connectivity index (χ0) is 15.6. The van der Waals surface area contributed by atoms with E-state index in [2.05, 4.69) is 21.2 Å². The van der Waals surface area contributed by atoms with E-state index in [1.807, 2.05) is 0 Å². The molecule has 7 heteroatoms. The molecular weight excluding hydrogens is 379 g/mol. The van der Waals surface area contributed by atoms with Crippen molar-refractivity contribution in [2.45, 2.75) is 0 Å². The summed E-state index contributed by atoms with van der Waals surface area (Å²) in [5.41, 5.74) is 6.07. The van der Waals surface area contributed by atoms with Crippen molar-refractivity contribution in [1.82, 2.24) is 0 Å². The maximum Gasteiger partial charge on any atom is 0.256 e. The van der Waals surface area contributed by atoms with E-state index in [4.69, 9.17) is 29.6 Å². The van der Waals surface area contributed by atoms with Gasteiger partial charge >= 0.3 is 0 Å². The fraction of sp³-hybridized carbons (Fsp3) is 0. The second-order valence-corrected chi connectivity index (χ2v) is 5.84. The van der Waals surface area contributed by atoms with Gasteiger partial charge in [0.15, 0.2) is 0 Å². The van der Waals surface area contributed by atoms with Gasteiger partial charge in [-0.1, -0.05) is 29.9 Å². The molecule has 0 saturated carbocycles. The van der Waals surface area contributed by atoms with Crippen molar-refractivity contribution in [2.24, 2.45) is 5.73 Å². The predicted molar refractivity (Wildman–Crippen MR) is 89.4 cm³/mol. The van der Waals surface area contributed by atoms with Gasteiger partial charge in [0.05, 0.1) is 16.8 Å². The number of hydrogen-bond donors (Lipinski definition) is 2. The Hall–Kier alpha value is -1.50. The minimum Gasteiger partial charge on any atom is -0.389 e. The van der Waals surface area contributed by atoms with Crippen molar-refractivity contribution in [3.8, 4) is 0 Å². The number of anilines is 1. The topological polar surface area (TPSA) is 55.1 Å². The van der Waals surface area contributed by atoms with E-state index >= 15 is 0 Å². The van der Waals surface area contributed by atoms with E-state index in [0.717, 1.165) is 0 Å². The van der Waals surface area contributed by atoms with E-state index in [0.29, 0.717) is 15.1 Å². The zero-order valence-electron chi connectivity index (χ0n) is 10.5. The Morgan fingerprint density at radius 1 is 1.33 bits per heavy atom. The third-order valence-electron chi connectivity index (χ3n) is 2.68.